The maximum Gasteiger partial charge on any atom is 1.00 e. The van der Waals surface area contributed by atoms with Crippen molar-refractivity contribution in [3.8, 4) is 10.6 Å². The number of thiophene rings is 1. The van der Waals surface area contributed by atoms with Gasteiger partial charge in [-0.1, -0.05) is 12.1 Å². The van der Waals surface area contributed by atoms with E-state index in [1.165, 1.54) is 17.4 Å². The average molecular weight is 387 g/mol. The van der Waals surface area contributed by atoms with Gasteiger partial charge in [-0.3, -0.25) is 4.79 Å². The van der Waals surface area contributed by atoms with E-state index in [2.05, 4.69) is 15.9 Å². The standard InChI is InChI=1S/C15H9BrO4S.Na/c16-9-5-13(21-7-9)12-6-11(17)10-3-1-2-8(4-14(18)19)15(10)20-12;/h1-3,5-7H,4H2,(H,18,19);/q;+1/p-1. The number of carbonyl (C=O) groups excluding carboxylic acids is 1. The fourth-order valence-corrected chi connectivity index (χ4v) is 3.47. The summed E-state index contributed by atoms with van der Waals surface area (Å²) < 4.78 is 6.67. The smallest absolute Gasteiger partial charge is 0.550 e. The number of aliphatic carboxylic acids is 1. The van der Waals surface area contributed by atoms with E-state index in [1.54, 1.807) is 18.2 Å². The van der Waals surface area contributed by atoms with E-state index in [9.17, 15) is 14.7 Å². The van der Waals surface area contributed by atoms with Gasteiger partial charge < -0.3 is 14.3 Å². The molecule has 0 aliphatic rings. The van der Waals surface area contributed by atoms with Crippen molar-refractivity contribution in [2.24, 2.45) is 0 Å². The van der Waals surface area contributed by atoms with Crippen molar-refractivity contribution in [1.29, 1.82) is 0 Å². The Bertz CT molecular complexity index is 900. The van der Waals surface area contributed by atoms with Crippen LogP contribution in [-0.4, -0.2) is 5.97 Å². The maximum atomic E-state index is 12.2. The van der Waals surface area contributed by atoms with E-state index in [0.29, 0.717) is 22.3 Å². The first-order chi connectivity index (χ1) is 10.0. The number of para-hydroxylation sites is 1. The summed E-state index contributed by atoms with van der Waals surface area (Å²) in [6.45, 7) is 0. The monoisotopic (exact) mass is 386 g/mol. The van der Waals surface area contributed by atoms with Gasteiger partial charge in [-0.15, -0.1) is 11.3 Å². The van der Waals surface area contributed by atoms with Gasteiger partial charge >= 0.3 is 29.6 Å². The first-order valence-electron chi connectivity index (χ1n) is 6.04. The summed E-state index contributed by atoms with van der Waals surface area (Å²) in [6.07, 6.45) is -0.294. The first kappa shape index (κ1) is 17.4. The van der Waals surface area contributed by atoms with Gasteiger partial charge in [0.25, 0.3) is 0 Å². The summed E-state index contributed by atoms with van der Waals surface area (Å²) in [6, 6.07) is 8.14. The van der Waals surface area contributed by atoms with Gasteiger partial charge in [-0.2, -0.15) is 0 Å². The molecule has 1 aromatic carbocycles. The molecule has 0 saturated heterocycles. The number of rotatable bonds is 3. The molecule has 22 heavy (non-hydrogen) atoms. The molecule has 0 atom stereocenters. The summed E-state index contributed by atoms with van der Waals surface area (Å²) in [5, 5.41) is 13.1. The second-order valence-corrected chi connectivity index (χ2v) is 6.27. The fourth-order valence-electron chi connectivity index (χ4n) is 2.09. The van der Waals surface area contributed by atoms with Crippen molar-refractivity contribution in [1.82, 2.24) is 0 Å². The third-order valence-electron chi connectivity index (χ3n) is 2.98. The Hall–Kier alpha value is -0.920. The van der Waals surface area contributed by atoms with E-state index < -0.39 is 5.97 Å². The molecule has 4 nitrogen and oxygen atoms in total. The van der Waals surface area contributed by atoms with Gasteiger partial charge in [-0.25, -0.2) is 0 Å². The van der Waals surface area contributed by atoms with Gasteiger partial charge in [0, 0.05) is 33.9 Å². The van der Waals surface area contributed by atoms with Crippen molar-refractivity contribution in [2.75, 3.05) is 0 Å². The van der Waals surface area contributed by atoms with Gasteiger partial charge in [-0.05, 0) is 28.1 Å². The molecular weight excluding hydrogens is 379 g/mol. The normalized spacial score (nSPS) is 10.4. The molecule has 0 radical (unpaired) electrons. The maximum absolute atomic E-state index is 12.2. The molecule has 0 aliphatic heterocycles. The SMILES string of the molecule is O=C([O-])Cc1cccc2c(=O)cc(-c3cc(Br)cs3)oc12.[Na+]. The number of fused-ring (bicyclic) bond motifs is 1. The van der Waals surface area contributed by atoms with Crippen LogP contribution >= 0.6 is 27.3 Å². The van der Waals surface area contributed by atoms with E-state index in [0.717, 1.165) is 9.35 Å². The van der Waals surface area contributed by atoms with Crippen LogP contribution in [-0.2, 0) is 11.2 Å². The molecule has 3 aromatic rings. The summed E-state index contributed by atoms with van der Waals surface area (Å²) in [4.78, 5) is 23.8. The van der Waals surface area contributed by atoms with Gasteiger partial charge in [0.1, 0.15) is 11.3 Å². The number of carboxylic acids is 1. The Morgan fingerprint density at radius 3 is 2.73 bits per heavy atom. The van der Waals surface area contributed by atoms with Crippen molar-refractivity contribution in [3.05, 3.63) is 56.0 Å². The number of hydrogen-bond acceptors (Lipinski definition) is 5. The van der Waals surface area contributed by atoms with Crippen LogP contribution in [0.3, 0.4) is 0 Å². The predicted octanol–water partition coefficient (Wildman–Crippen LogP) is -0.420. The number of carboxylic acid groups (broad SMARTS) is 1. The molecule has 0 spiro atoms. The van der Waals surface area contributed by atoms with Crippen LogP contribution in [0.5, 0.6) is 0 Å². The zero-order valence-electron chi connectivity index (χ0n) is 11.6. The van der Waals surface area contributed by atoms with Crippen molar-refractivity contribution in [3.63, 3.8) is 0 Å². The summed E-state index contributed by atoms with van der Waals surface area (Å²) >= 11 is 4.78. The van der Waals surface area contributed by atoms with Crippen LogP contribution in [0.25, 0.3) is 21.6 Å². The number of halogens is 1. The molecule has 0 unspecified atom stereocenters. The van der Waals surface area contributed by atoms with Crippen LogP contribution in [0.15, 0.2) is 49.4 Å². The van der Waals surface area contributed by atoms with Crippen molar-refractivity contribution >= 4 is 44.2 Å². The quantitative estimate of drug-likeness (QED) is 0.573. The largest absolute Gasteiger partial charge is 1.00 e. The molecule has 0 saturated carbocycles. The number of benzene rings is 1. The summed E-state index contributed by atoms with van der Waals surface area (Å²) in [5.41, 5.74) is 0.534. The van der Waals surface area contributed by atoms with E-state index in [-0.39, 0.29) is 41.4 Å². The third-order valence-corrected chi connectivity index (χ3v) is 4.69. The van der Waals surface area contributed by atoms with E-state index in [4.69, 9.17) is 4.42 Å². The van der Waals surface area contributed by atoms with Crippen LogP contribution < -0.4 is 40.1 Å². The Balaban J connectivity index is 0.00000176. The predicted molar refractivity (Wildman–Crippen MR) is 82.2 cm³/mol. The number of hydrogen-bond donors (Lipinski definition) is 0. The average Bonchev–Trinajstić information content (AvgIpc) is 2.85. The minimum atomic E-state index is -1.21. The molecule has 106 valence electrons. The number of carbonyl (C=O) groups is 1. The minimum absolute atomic E-state index is 0. The summed E-state index contributed by atoms with van der Waals surface area (Å²) in [5.74, 6) is -0.789. The first-order valence-corrected chi connectivity index (χ1v) is 7.72. The van der Waals surface area contributed by atoms with Crippen molar-refractivity contribution < 1.29 is 43.9 Å². The van der Waals surface area contributed by atoms with Crippen molar-refractivity contribution in [2.45, 2.75) is 6.42 Å². The second-order valence-electron chi connectivity index (χ2n) is 4.45. The van der Waals surface area contributed by atoms with Gasteiger partial charge in [0.2, 0.25) is 0 Å². The molecule has 0 amide bonds. The molecule has 7 heteroatoms. The van der Waals surface area contributed by atoms with Crippen LogP contribution in [0.4, 0.5) is 0 Å². The third kappa shape index (κ3) is 3.52. The topological polar surface area (TPSA) is 70.3 Å². The molecule has 3 rings (SSSR count). The molecule has 0 bridgehead atoms. The zero-order chi connectivity index (χ0) is 15.0. The molecule has 0 aliphatic carbocycles. The Morgan fingerprint density at radius 2 is 2.09 bits per heavy atom. The van der Waals surface area contributed by atoms with Gasteiger partial charge in [0.15, 0.2) is 5.43 Å². The second kappa shape index (κ2) is 7.10. The molecule has 2 heterocycles. The van der Waals surface area contributed by atoms with Crippen LogP contribution in [0.1, 0.15) is 5.56 Å². The Morgan fingerprint density at radius 1 is 1.32 bits per heavy atom. The molecule has 2 aromatic heterocycles. The van der Waals surface area contributed by atoms with Gasteiger partial charge in [0.05, 0.1) is 10.3 Å². The zero-order valence-corrected chi connectivity index (χ0v) is 16.0. The minimum Gasteiger partial charge on any atom is -0.550 e. The Labute approximate surface area is 160 Å². The Kier molecular flexibility index (Phi) is 5.63. The molecule has 0 N–H and O–H groups in total. The van der Waals surface area contributed by atoms with Crippen LogP contribution in [0.2, 0.25) is 0 Å². The molecular formula is C15H8BrNaO4S. The molecule has 0 fully saturated rings. The van der Waals surface area contributed by atoms with Crippen LogP contribution in [0, 0.1) is 0 Å². The summed E-state index contributed by atoms with van der Waals surface area (Å²) in [7, 11) is 0. The van der Waals surface area contributed by atoms with E-state index in [1.807, 2.05) is 11.4 Å². The fraction of sp³-hybridized carbons (Fsp3) is 0.0667. The van der Waals surface area contributed by atoms with E-state index >= 15 is 0 Å².